The number of hydrogen-bond donors (Lipinski definition) is 0. The van der Waals surface area contributed by atoms with E-state index in [1.165, 1.54) is 43.3 Å². The first-order chi connectivity index (χ1) is 17.0. The summed E-state index contributed by atoms with van der Waals surface area (Å²) in [6.07, 6.45) is 11.9. The molecule has 0 N–H and O–H groups in total. The maximum absolute atomic E-state index is 12.7. The summed E-state index contributed by atoms with van der Waals surface area (Å²) in [5.74, 6) is 3.03. The topological polar surface area (TPSA) is 55.9 Å². The molecule has 0 bridgehead atoms. The van der Waals surface area contributed by atoms with Crippen molar-refractivity contribution in [1.29, 1.82) is 0 Å². The van der Waals surface area contributed by atoms with Crippen LogP contribution in [-0.2, 0) is 19.1 Å². The zero-order chi connectivity index (χ0) is 25.8. The highest BCUT2D eigenvalue weighted by Crippen LogP contribution is 2.91. The second-order valence-corrected chi connectivity index (χ2v) is 13.9. The standard InChI is InChI=1S/C32H46O4/c1-8-22-18(2)16-26(35-28(22)34)20(4)23-11-12-24-25-17-27-32(36-27,19(3)10-9-15-33)30(7)21(5)31(25,30)14-13-29(23,24)6/h10,15,20-21,23-27H,8-9,11-14,16-17H2,1-7H3/b19-10-. The van der Waals surface area contributed by atoms with Gasteiger partial charge in [-0.15, -0.1) is 0 Å². The van der Waals surface area contributed by atoms with Crippen molar-refractivity contribution >= 4 is 12.3 Å². The monoisotopic (exact) mass is 494 g/mol. The molecule has 4 aliphatic carbocycles. The average Bonchev–Trinajstić information content (AvgIpc) is 3.64. The van der Waals surface area contributed by atoms with Crippen molar-refractivity contribution in [2.75, 3.05) is 0 Å². The second kappa shape index (κ2) is 7.80. The lowest BCUT2D eigenvalue weighted by molar-refractivity contribution is -0.152. The minimum atomic E-state index is -0.137. The lowest BCUT2D eigenvalue weighted by Gasteiger charge is -2.54. The Morgan fingerprint density at radius 3 is 2.61 bits per heavy atom. The summed E-state index contributed by atoms with van der Waals surface area (Å²) in [5, 5.41) is 0. The number of aldehydes is 1. The molecule has 0 aromatic heterocycles. The summed E-state index contributed by atoms with van der Waals surface area (Å²) in [6, 6.07) is 0. The summed E-state index contributed by atoms with van der Waals surface area (Å²) in [6.45, 7) is 16.4. The summed E-state index contributed by atoms with van der Waals surface area (Å²) < 4.78 is 12.8. The highest BCUT2D eigenvalue weighted by Gasteiger charge is 2.91. The highest BCUT2D eigenvalue weighted by atomic mass is 16.6. The molecule has 0 amide bonds. The molecule has 11 atom stereocenters. The third-order valence-corrected chi connectivity index (χ3v) is 13.4. The maximum atomic E-state index is 12.7. The minimum absolute atomic E-state index is 0.0192. The Morgan fingerprint density at radius 1 is 1.19 bits per heavy atom. The first-order valence-electron chi connectivity index (χ1n) is 14.7. The van der Waals surface area contributed by atoms with Gasteiger partial charge in [0.05, 0.1) is 6.10 Å². The Morgan fingerprint density at radius 2 is 1.94 bits per heavy atom. The van der Waals surface area contributed by atoms with Crippen molar-refractivity contribution in [2.45, 2.75) is 118 Å². The van der Waals surface area contributed by atoms with Crippen LogP contribution in [0.1, 0.15) is 99.8 Å². The van der Waals surface area contributed by atoms with Gasteiger partial charge >= 0.3 is 5.97 Å². The molecule has 0 aromatic rings. The number of epoxide rings is 1. The number of fused-ring (bicyclic) bond motifs is 4. The summed E-state index contributed by atoms with van der Waals surface area (Å²) in [5.41, 5.74) is 4.15. The number of esters is 1. The first kappa shape index (κ1) is 24.9. The second-order valence-electron chi connectivity index (χ2n) is 13.9. The van der Waals surface area contributed by atoms with Gasteiger partial charge in [0.15, 0.2) is 0 Å². The Hall–Kier alpha value is -1.42. The van der Waals surface area contributed by atoms with Crippen LogP contribution in [0.3, 0.4) is 0 Å². The van der Waals surface area contributed by atoms with Gasteiger partial charge in [0, 0.05) is 23.8 Å². The van der Waals surface area contributed by atoms with Crippen molar-refractivity contribution in [3.05, 3.63) is 22.8 Å². The van der Waals surface area contributed by atoms with E-state index >= 15 is 0 Å². The van der Waals surface area contributed by atoms with E-state index in [4.69, 9.17) is 9.47 Å². The zero-order valence-electron chi connectivity index (χ0n) is 23.5. The molecule has 5 fully saturated rings. The van der Waals surface area contributed by atoms with E-state index in [0.29, 0.717) is 41.1 Å². The Bertz CT molecular complexity index is 1060. The van der Waals surface area contributed by atoms with Crippen LogP contribution in [0.25, 0.3) is 0 Å². The van der Waals surface area contributed by atoms with E-state index < -0.39 is 0 Å². The fourth-order valence-corrected chi connectivity index (χ4v) is 11.5. The molecule has 6 rings (SSSR count). The van der Waals surface area contributed by atoms with Crippen LogP contribution in [0.2, 0.25) is 0 Å². The van der Waals surface area contributed by atoms with Crippen LogP contribution in [0.4, 0.5) is 0 Å². The molecule has 2 aliphatic heterocycles. The maximum Gasteiger partial charge on any atom is 0.334 e. The van der Waals surface area contributed by atoms with Crippen molar-refractivity contribution < 1.29 is 19.1 Å². The number of rotatable bonds is 6. The molecule has 198 valence electrons. The number of cyclic esters (lactones) is 1. The SMILES string of the molecule is CCC1=C(C)CC(C(C)C2CCC3C4CC5OC5(/C(C)=C\CC=O)C5(C)C(C)C45CCC23C)OC1=O. The van der Waals surface area contributed by atoms with Gasteiger partial charge in [0.25, 0.3) is 0 Å². The van der Waals surface area contributed by atoms with Gasteiger partial charge in [-0.05, 0) is 98.4 Å². The van der Waals surface area contributed by atoms with Gasteiger partial charge in [0.2, 0.25) is 0 Å². The van der Waals surface area contributed by atoms with Crippen LogP contribution < -0.4 is 0 Å². The number of hydrogen-bond acceptors (Lipinski definition) is 4. The molecule has 1 spiro atoms. The van der Waals surface area contributed by atoms with Crippen molar-refractivity contribution in [3.63, 3.8) is 0 Å². The van der Waals surface area contributed by atoms with Crippen LogP contribution in [0.15, 0.2) is 22.8 Å². The lowest BCUT2D eigenvalue weighted by Crippen LogP contribution is -2.51. The van der Waals surface area contributed by atoms with Gasteiger partial charge < -0.3 is 14.3 Å². The predicted molar refractivity (Wildman–Crippen MR) is 140 cm³/mol. The molecular formula is C32H46O4. The number of carbonyl (C=O) groups excluding carboxylic acids is 2. The normalized spacial score (nSPS) is 52.0. The Balaban J connectivity index is 1.26. The van der Waals surface area contributed by atoms with E-state index in [1.54, 1.807) is 0 Å². The van der Waals surface area contributed by atoms with Gasteiger partial charge in [-0.2, -0.15) is 0 Å². The highest BCUT2D eigenvalue weighted by molar-refractivity contribution is 5.90. The molecule has 4 saturated carbocycles. The van der Waals surface area contributed by atoms with Gasteiger partial charge in [-0.3, -0.25) is 0 Å². The number of ether oxygens (including phenoxy) is 2. The van der Waals surface area contributed by atoms with Crippen LogP contribution in [0, 0.1) is 45.8 Å². The molecule has 2 heterocycles. The smallest absolute Gasteiger partial charge is 0.334 e. The molecule has 0 aromatic carbocycles. The van der Waals surface area contributed by atoms with Gasteiger partial charge in [0.1, 0.15) is 18.0 Å². The molecule has 36 heavy (non-hydrogen) atoms. The zero-order valence-corrected chi connectivity index (χ0v) is 23.5. The van der Waals surface area contributed by atoms with Gasteiger partial charge in [-0.1, -0.05) is 46.3 Å². The summed E-state index contributed by atoms with van der Waals surface area (Å²) in [7, 11) is 0. The number of carbonyl (C=O) groups is 2. The summed E-state index contributed by atoms with van der Waals surface area (Å²) >= 11 is 0. The molecule has 4 nitrogen and oxygen atoms in total. The third-order valence-electron chi connectivity index (χ3n) is 13.4. The van der Waals surface area contributed by atoms with Crippen LogP contribution >= 0.6 is 0 Å². The molecule has 4 heteroatoms. The van der Waals surface area contributed by atoms with E-state index in [-0.39, 0.29) is 23.1 Å². The third kappa shape index (κ3) is 2.71. The molecule has 11 unspecified atom stereocenters. The fraction of sp³-hybridized carbons (Fsp3) is 0.812. The fourth-order valence-electron chi connectivity index (χ4n) is 11.5. The van der Waals surface area contributed by atoms with E-state index in [1.807, 2.05) is 0 Å². The first-order valence-corrected chi connectivity index (χ1v) is 14.7. The molecule has 1 saturated heterocycles. The van der Waals surface area contributed by atoms with Crippen molar-refractivity contribution in [2.24, 2.45) is 45.8 Å². The number of allylic oxidation sites excluding steroid dienone is 1. The van der Waals surface area contributed by atoms with Crippen LogP contribution in [0.5, 0.6) is 0 Å². The quantitative estimate of drug-likeness (QED) is 0.176. The Labute approximate surface area is 217 Å². The largest absolute Gasteiger partial charge is 0.458 e. The minimum Gasteiger partial charge on any atom is -0.458 e. The van der Waals surface area contributed by atoms with Crippen molar-refractivity contribution in [1.82, 2.24) is 0 Å². The lowest BCUT2D eigenvalue weighted by atomic mass is 9.49. The Kier molecular flexibility index (Phi) is 5.40. The van der Waals surface area contributed by atoms with Gasteiger partial charge in [-0.25, -0.2) is 4.79 Å². The molecular weight excluding hydrogens is 448 g/mol. The van der Waals surface area contributed by atoms with E-state index in [2.05, 4.69) is 54.5 Å². The van der Waals surface area contributed by atoms with E-state index in [0.717, 1.165) is 36.5 Å². The van der Waals surface area contributed by atoms with Crippen LogP contribution in [-0.4, -0.2) is 30.1 Å². The predicted octanol–water partition coefficient (Wildman–Crippen LogP) is 6.83. The van der Waals surface area contributed by atoms with E-state index in [9.17, 15) is 9.59 Å². The summed E-state index contributed by atoms with van der Waals surface area (Å²) in [4.78, 5) is 23.8. The van der Waals surface area contributed by atoms with Crippen molar-refractivity contribution in [3.8, 4) is 0 Å². The average molecular weight is 495 g/mol. The molecule has 6 aliphatic rings. The molecule has 0 radical (unpaired) electrons.